The van der Waals surface area contributed by atoms with Crippen molar-refractivity contribution in [1.82, 2.24) is 4.72 Å². The van der Waals surface area contributed by atoms with Gasteiger partial charge in [0.2, 0.25) is 10.0 Å². The number of hydrogen-bond acceptors (Lipinski definition) is 6. The molecule has 9 heteroatoms. The summed E-state index contributed by atoms with van der Waals surface area (Å²) in [6.45, 7) is 1.87. The molecule has 0 heterocycles. The maximum atomic E-state index is 11.8. The summed E-state index contributed by atoms with van der Waals surface area (Å²) in [6.07, 6.45) is 0.444. The van der Waals surface area contributed by atoms with Crippen LogP contribution in [-0.4, -0.2) is 31.0 Å². The molecule has 0 amide bonds. The smallest absolute Gasteiger partial charge is 0.312 e. The fourth-order valence-electron chi connectivity index (χ4n) is 1.32. The molecule has 1 atom stereocenters. The molecule has 0 aromatic heterocycles. The largest absolute Gasteiger partial charge is 0.502 e. The van der Waals surface area contributed by atoms with E-state index in [4.69, 9.17) is 5.73 Å². The minimum atomic E-state index is -3.85. The zero-order valence-electron chi connectivity index (χ0n) is 10.2. The van der Waals surface area contributed by atoms with E-state index in [9.17, 15) is 23.6 Å². The average molecular weight is 289 g/mol. The molecule has 0 fully saturated rings. The highest BCUT2D eigenvalue weighted by Crippen LogP contribution is 2.28. The van der Waals surface area contributed by atoms with Gasteiger partial charge in [-0.05, 0) is 25.5 Å². The van der Waals surface area contributed by atoms with Crippen LogP contribution in [0.5, 0.6) is 5.75 Å². The molecule has 19 heavy (non-hydrogen) atoms. The zero-order chi connectivity index (χ0) is 14.6. The minimum Gasteiger partial charge on any atom is -0.502 e. The Bertz CT molecular complexity index is 571. The summed E-state index contributed by atoms with van der Waals surface area (Å²) in [5, 5.41) is 19.9. The van der Waals surface area contributed by atoms with Gasteiger partial charge < -0.3 is 10.8 Å². The second-order valence-electron chi connectivity index (χ2n) is 4.07. The maximum Gasteiger partial charge on any atom is 0.312 e. The van der Waals surface area contributed by atoms with Crippen LogP contribution in [0.3, 0.4) is 0 Å². The summed E-state index contributed by atoms with van der Waals surface area (Å²) in [6, 6.07) is 2.72. The van der Waals surface area contributed by atoms with Crippen LogP contribution in [0, 0.1) is 10.1 Å². The van der Waals surface area contributed by atoms with Gasteiger partial charge in [-0.1, -0.05) is 0 Å². The van der Waals surface area contributed by atoms with E-state index in [1.807, 2.05) is 0 Å². The number of nitrogens with zero attached hydrogens (tertiary/aromatic N) is 1. The Morgan fingerprint density at radius 1 is 1.53 bits per heavy atom. The van der Waals surface area contributed by atoms with Crippen molar-refractivity contribution < 1.29 is 18.4 Å². The quantitative estimate of drug-likeness (QED) is 0.509. The Morgan fingerprint density at radius 3 is 2.68 bits per heavy atom. The lowest BCUT2D eigenvalue weighted by Crippen LogP contribution is -2.29. The molecule has 106 valence electrons. The van der Waals surface area contributed by atoms with Gasteiger partial charge in [0.15, 0.2) is 5.75 Å². The number of phenolic OH excluding ortho intramolecular Hbond substituents is 1. The van der Waals surface area contributed by atoms with Crippen molar-refractivity contribution in [2.24, 2.45) is 5.73 Å². The Balaban J connectivity index is 2.96. The number of aromatic hydroxyl groups is 1. The highest BCUT2D eigenvalue weighted by Gasteiger charge is 2.20. The third-order valence-electron chi connectivity index (χ3n) is 2.35. The van der Waals surface area contributed by atoms with E-state index in [2.05, 4.69) is 4.72 Å². The first-order valence-corrected chi connectivity index (χ1v) is 6.95. The Labute approximate surface area is 110 Å². The molecule has 0 saturated heterocycles. The molecule has 1 unspecified atom stereocenters. The van der Waals surface area contributed by atoms with Crippen LogP contribution in [-0.2, 0) is 10.0 Å². The molecule has 4 N–H and O–H groups in total. The third-order valence-corrected chi connectivity index (χ3v) is 3.80. The lowest BCUT2D eigenvalue weighted by Gasteiger charge is -2.08. The Morgan fingerprint density at radius 2 is 2.16 bits per heavy atom. The number of nitrogens with two attached hydrogens (primary N) is 1. The second-order valence-corrected chi connectivity index (χ2v) is 5.84. The first-order chi connectivity index (χ1) is 8.74. The van der Waals surface area contributed by atoms with Crippen molar-refractivity contribution in [3.05, 3.63) is 28.3 Å². The van der Waals surface area contributed by atoms with Crippen LogP contribution in [0.1, 0.15) is 13.3 Å². The van der Waals surface area contributed by atoms with Crippen molar-refractivity contribution in [2.75, 3.05) is 6.54 Å². The van der Waals surface area contributed by atoms with Gasteiger partial charge in [-0.15, -0.1) is 0 Å². The predicted octanol–water partition coefficient (Wildman–Crippen LogP) is 0.316. The summed E-state index contributed by atoms with van der Waals surface area (Å²) in [4.78, 5) is 9.49. The standard InChI is InChI=1S/C10H15N3O5S/c1-7(11)4-5-12-19(17,18)8-2-3-10(14)9(6-8)13(15)16/h2-3,6-7,12,14H,4-5,11H2,1H3. The topological polar surface area (TPSA) is 136 Å². The molecule has 0 bridgehead atoms. The van der Waals surface area contributed by atoms with E-state index in [1.165, 1.54) is 0 Å². The molecule has 1 aromatic carbocycles. The van der Waals surface area contributed by atoms with Crippen molar-refractivity contribution in [1.29, 1.82) is 0 Å². The molecular weight excluding hydrogens is 274 g/mol. The fourth-order valence-corrected chi connectivity index (χ4v) is 2.39. The van der Waals surface area contributed by atoms with Gasteiger partial charge in [0.25, 0.3) is 0 Å². The Hall–Kier alpha value is -1.71. The van der Waals surface area contributed by atoms with Gasteiger partial charge in [-0.2, -0.15) is 0 Å². The molecular formula is C10H15N3O5S. The fraction of sp³-hybridized carbons (Fsp3) is 0.400. The molecule has 0 saturated carbocycles. The van der Waals surface area contributed by atoms with Crippen molar-refractivity contribution >= 4 is 15.7 Å². The van der Waals surface area contributed by atoms with Crippen molar-refractivity contribution in [3.8, 4) is 5.75 Å². The van der Waals surface area contributed by atoms with Gasteiger partial charge in [-0.25, -0.2) is 13.1 Å². The monoisotopic (exact) mass is 289 g/mol. The van der Waals surface area contributed by atoms with Gasteiger partial charge in [-0.3, -0.25) is 10.1 Å². The van der Waals surface area contributed by atoms with Gasteiger partial charge in [0.1, 0.15) is 0 Å². The van der Waals surface area contributed by atoms with Crippen LogP contribution in [0.25, 0.3) is 0 Å². The SMILES string of the molecule is CC(N)CCNS(=O)(=O)c1ccc(O)c([N+](=O)[O-])c1. The Kier molecular flexibility index (Phi) is 4.81. The summed E-state index contributed by atoms with van der Waals surface area (Å²) in [7, 11) is -3.85. The van der Waals surface area contributed by atoms with Gasteiger partial charge in [0.05, 0.1) is 9.82 Å². The minimum absolute atomic E-state index is 0.134. The number of phenols is 1. The number of rotatable bonds is 6. The molecule has 0 spiro atoms. The zero-order valence-corrected chi connectivity index (χ0v) is 11.1. The highest BCUT2D eigenvalue weighted by molar-refractivity contribution is 7.89. The van der Waals surface area contributed by atoms with Crippen molar-refractivity contribution in [3.63, 3.8) is 0 Å². The normalized spacial score (nSPS) is 13.2. The highest BCUT2D eigenvalue weighted by atomic mass is 32.2. The molecule has 0 aliphatic carbocycles. The molecule has 8 nitrogen and oxygen atoms in total. The van der Waals surface area contributed by atoms with E-state index >= 15 is 0 Å². The van der Waals surface area contributed by atoms with E-state index in [0.717, 1.165) is 18.2 Å². The molecule has 0 aliphatic rings. The summed E-state index contributed by atoms with van der Waals surface area (Å²) in [5.74, 6) is -0.584. The molecule has 1 aromatic rings. The number of benzene rings is 1. The predicted molar refractivity (Wildman–Crippen MR) is 68.2 cm³/mol. The number of nitro groups is 1. The lowest BCUT2D eigenvalue weighted by molar-refractivity contribution is -0.386. The van der Waals surface area contributed by atoms with Crippen molar-refractivity contribution in [2.45, 2.75) is 24.3 Å². The molecule has 0 radical (unpaired) electrons. The van der Waals surface area contributed by atoms with E-state index in [1.54, 1.807) is 6.92 Å². The number of hydrogen-bond donors (Lipinski definition) is 3. The first-order valence-electron chi connectivity index (χ1n) is 5.46. The second kappa shape index (κ2) is 5.95. The van der Waals surface area contributed by atoms with Crippen LogP contribution >= 0.6 is 0 Å². The maximum absolute atomic E-state index is 11.8. The van der Waals surface area contributed by atoms with Crippen LogP contribution < -0.4 is 10.5 Å². The van der Waals surface area contributed by atoms with E-state index in [0.29, 0.717) is 6.42 Å². The lowest BCUT2D eigenvalue weighted by atomic mass is 10.3. The molecule has 0 aliphatic heterocycles. The molecule has 1 rings (SSSR count). The van der Waals surface area contributed by atoms with Gasteiger partial charge >= 0.3 is 5.69 Å². The summed E-state index contributed by atoms with van der Waals surface area (Å²) in [5.41, 5.74) is 4.83. The van der Waals surface area contributed by atoms with Crippen LogP contribution in [0.4, 0.5) is 5.69 Å². The van der Waals surface area contributed by atoms with E-state index < -0.39 is 26.4 Å². The summed E-state index contributed by atoms with van der Waals surface area (Å²) < 4.78 is 26.0. The van der Waals surface area contributed by atoms with E-state index in [-0.39, 0.29) is 17.5 Å². The first kappa shape index (κ1) is 15.3. The third kappa shape index (κ3) is 4.16. The average Bonchev–Trinajstić information content (AvgIpc) is 2.27. The number of sulfonamides is 1. The van der Waals surface area contributed by atoms with Gasteiger partial charge in [0, 0.05) is 18.7 Å². The number of nitro benzene ring substituents is 1. The number of nitrogens with one attached hydrogen (secondary N) is 1. The summed E-state index contributed by atoms with van der Waals surface area (Å²) >= 11 is 0. The van der Waals surface area contributed by atoms with Crippen LogP contribution in [0.15, 0.2) is 23.1 Å². The van der Waals surface area contributed by atoms with Crippen LogP contribution in [0.2, 0.25) is 0 Å².